The molecule has 2 N–H and O–H groups in total. The summed E-state index contributed by atoms with van der Waals surface area (Å²) >= 11 is 0. The Morgan fingerprint density at radius 2 is 1.40 bits per heavy atom. The van der Waals surface area contributed by atoms with Crippen molar-refractivity contribution in [1.29, 1.82) is 0 Å². The number of ether oxygens (including phenoxy) is 1. The van der Waals surface area contributed by atoms with Crippen LogP contribution in [0.15, 0.2) is 0 Å². The Morgan fingerprint density at radius 1 is 0.833 bits per heavy atom. The predicted octanol–water partition coefficient (Wildman–Crippen LogP) is 3.48. The molecule has 5 fully saturated rings. The van der Waals surface area contributed by atoms with Crippen LogP contribution in [0.5, 0.6) is 0 Å². The summed E-state index contributed by atoms with van der Waals surface area (Å²) in [6.07, 6.45) is 15.2. The lowest BCUT2D eigenvalue weighted by molar-refractivity contribution is -0.149. The third-order valence-corrected chi connectivity index (χ3v) is 7.97. The molecule has 0 unspecified atom stereocenters. The molecule has 2 amide bonds. The summed E-state index contributed by atoms with van der Waals surface area (Å²) in [7, 11) is 0. The van der Waals surface area contributed by atoms with Crippen molar-refractivity contribution in [3.8, 4) is 0 Å². The number of amides is 2. The van der Waals surface area contributed by atoms with Gasteiger partial charge in [-0.2, -0.15) is 0 Å². The van der Waals surface area contributed by atoms with Gasteiger partial charge in [-0.15, -0.1) is 0 Å². The third kappa shape index (κ3) is 5.36. The predicted molar refractivity (Wildman–Crippen MR) is 113 cm³/mol. The zero-order valence-electron chi connectivity index (χ0n) is 18.3. The van der Waals surface area contributed by atoms with E-state index >= 15 is 0 Å². The van der Waals surface area contributed by atoms with Gasteiger partial charge in [-0.05, 0) is 69.1 Å². The fraction of sp³-hybridized carbons (Fsp3) is 0.875. The maximum absolute atomic E-state index is 12.9. The number of esters is 1. The topological polar surface area (TPSA) is 84.5 Å². The summed E-state index contributed by atoms with van der Waals surface area (Å²) in [5.41, 5.74) is -0.184. The Kier molecular flexibility index (Phi) is 6.99. The van der Waals surface area contributed by atoms with E-state index in [4.69, 9.17) is 4.74 Å². The van der Waals surface area contributed by atoms with Gasteiger partial charge >= 0.3 is 5.97 Å². The summed E-state index contributed by atoms with van der Waals surface area (Å²) in [6.45, 7) is 0.0713. The second kappa shape index (κ2) is 9.69. The molecule has 30 heavy (non-hydrogen) atoms. The quantitative estimate of drug-likeness (QED) is 0.620. The van der Waals surface area contributed by atoms with Crippen LogP contribution in [-0.2, 0) is 19.1 Å². The van der Waals surface area contributed by atoms with Crippen molar-refractivity contribution in [2.24, 2.45) is 23.2 Å². The van der Waals surface area contributed by atoms with Crippen LogP contribution in [0.1, 0.15) is 89.9 Å². The first-order valence-corrected chi connectivity index (χ1v) is 12.3. The molecular formula is C24H38N2O4. The Bertz CT molecular complexity index is 604. The summed E-state index contributed by atoms with van der Waals surface area (Å²) in [4.78, 5) is 37.0. The summed E-state index contributed by atoms with van der Waals surface area (Å²) < 4.78 is 5.13. The number of hydrogen-bond donors (Lipinski definition) is 2. The van der Waals surface area contributed by atoms with Gasteiger partial charge in [0.05, 0.1) is 6.42 Å². The summed E-state index contributed by atoms with van der Waals surface area (Å²) in [5, 5.41) is 6.00. The van der Waals surface area contributed by atoms with Crippen LogP contribution < -0.4 is 10.6 Å². The molecule has 6 heteroatoms. The van der Waals surface area contributed by atoms with Crippen LogP contribution >= 0.6 is 0 Å². The second-order valence-electron chi connectivity index (χ2n) is 10.5. The minimum absolute atomic E-state index is 0.120. The SMILES string of the molecule is O=C(COC(=O)CCNC(=O)C12CC3CC(CC(C3)C1)C2)NC1CCCCCCC1. The molecule has 0 aliphatic heterocycles. The zero-order chi connectivity index (χ0) is 21.0. The Hall–Kier alpha value is -1.59. The van der Waals surface area contributed by atoms with E-state index in [0.717, 1.165) is 62.7 Å². The molecule has 4 bridgehead atoms. The first kappa shape index (κ1) is 21.6. The standard InChI is InChI=1S/C24H38N2O4/c27-21(26-20-6-4-2-1-3-5-7-20)16-30-22(28)8-9-25-23(29)24-13-17-10-18(14-24)12-19(11-17)15-24/h17-20H,1-16H2,(H,25,29)(H,26,27). The molecule has 5 aliphatic rings. The van der Waals surface area contributed by atoms with Crippen molar-refractivity contribution in [1.82, 2.24) is 10.6 Å². The fourth-order valence-electron chi connectivity index (χ4n) is 6.94. The van der Waals surface area contributed by atoms with Crippen LogP contribution in [0.4, 0.5) is 0 Å². The molecule has 0 aromatic carbocycles. The minimum Gasteiger partial charge on any atom is -0.456 e. The summed E-state index contributed by atoms with van der Waals surface area (Å²) in [6, 6.07) is 0.205. The molecule has 168 valence electrons. The van der Waals surface area contributed by atoms with Gasteiger partial charge in [0.15, 0.2) is 6.61 Å². The number of nitrogens with one attached hydrogen (secondary N) is 2. The zero-order valence-corrected chi connectivity index (χ0v) is 18.3. The molecule has 0 spiro atoms. The minimum atomic E-state index is -0.423. The van der Waals surface area contributed by atoms with E-state index in [9.17, 15) is 14.4 Å². The molecule has 5 saturated carbocycles. The van der Waals surface area contributed by atoms with E-state index in [2.05, 4.69) is 10.6 Å². The van der Waals surface area contributed by atoms with Gasteiger partial charge in [-0.3, -0.25) is 14.4 Å². The first-order valence-electron chi connectivity index (χ1n) is 12.3. The highest BCUT2D eigenvalue weighted by Gasteiger charge is 2.54. The number of carbonyl (C=O) groups is 3. The molecule has 5 rings (SSSR count). The van der Waals surface area contributed by atoms with E-state index in [-0.39, 0.29) is 36.3 Å². The van der Waals surface area contributed by atoms with E-state index < -0.39 is 5.97 Å². The van der Waals surface area contributed by atoms with Crippen molar-refractivity contribution in [3.05, 3.63) is 0 Å². The lowest BCUT2D eigenvalue weighted by atomic mass is 9.49. The molecule has 0 aromatic heterocycles. The number of carbonyl (C=O) groups excluding carboxylic acids is 3. The average Bonchev–Trinajstić information content (AvgIpc) is 2.67. The van der Waals surface area contributed by atoms with Crippen molar-refractivity contribution in [3.63, 3.8) is 0 Å². The second-order valence-corrected chi connectivity index (χ2v) is 10.5. The number of rotatable bonds is 7. The number of hydrogen-bond acceptors (Lipinski definition) is 4. The van der Waals surface area contributed by atoms with Crippen LogP contribution in [0.2, 0.25) is 0 Å². The highest BCUT2D eigenvalue weighted by molar-refractivity contribution is 5.84. The molecule has 0 saturated heterocycles. The highest BCUT2D eigenvalue weighted by Crippen LogP contribution is 2.60. The van der Waals surface area contributed by atoms with Crippen molar-refractivity contribution in [2.45, 2.75) is 95.9 Å². The Morgan fingerprint density at radius 3 is 2.00 bits per heavy atom. The van der Waals surface area contributed by atoms with E-state index in [1.807, 2.05) is 0 Å². The normalized spacial score (nSPS) is 33.4. The van der Waals surface area contributed by atoms with Crippen molar-refractivity contribution in [2.75, 3.05) is 13.2 Å². The molecule has 0 aromatic rings. The van der Waals surface area contributed by atoms with E-state index in [1.165, 1.54) is 38.5 Å². The van der Waals surface area contributed by atoms with Crippen LogP contribution in [-0.4, -0.2) is 37.0 Å². The van der Waals surface area contributed by atoms with Crippen LogP contribution in [0.3, 0.4) is 0 Å². The maximum atomic E-state index is 12.9. The van der Waals surface area contributed by atoms with Gasteiger partial charge in [0.2, 0.25) is 5.91 Å². The monoisotopic (exact) mass is 418 g/mol. The Labute approximate surface area is 180 Å². The van der Waals surface area contributed by atoms with Crippen LogP contribution in [0, 0.1) is 23.2 Å². The molecule has 0 atom stereocenters. The first-order chi connectivity index (χ1) is 14.5. The average molecular weight is 419 g/mol. The van der Waals surface area contributed by atoms with E-state index in [1.54, 1.807) is 0 Å². The van der Waals surface area contributed by atoms with Gasteiger partial charge in [-0.25, -0.2) is 0 Å². The van der Waals surface area contributed by atoms with Gasteiger partial charge in [0.25, 0.3) is 5.91 Å². The molecule has 6 nitrogen and oxygen atoms in total. The molecule has 0 radical (unpaired) electrons. The lowest BCUT2D eigenvalue weighted by Crippen LogP contribution is -2.53. The van der Waals surface area contributed by atoms with Gasteiger partial charge in [0, 0.05) is 18.0 Å². The maximum Gasteiger partial charge on any atom is 0.308 e. The molecule has 0 heterocycles. The molecular weight excluding hydrogens is 380 g/mol. The van der Waals surface area contributed by atoms with E-state index in [0.29, 0.717) is 6.54 Å². The Balaban J connectivity index is 1.12. The van der Waals surface area contributed by atoms with Gasteiger partial charge in [0.1, 0.15) is 0 Å². The van der Waals surface area contributed by atoms with Gasteiger partial charge in [-0.1, -0.05) is 32.1 Å². The van der Waals surface area contributed by atoms with Crippen molar-refractivity contribution >= 4 is 17.8 Å². The van der Waals surface area contributed by atoms with Gasteiger partial charge < -0.3 is 15.4 Å². The smallest absolute Gasteiger partial charge is 0.308 e. The fourth-order valence-corrected chi connectivity index (χ4v) is 6.94. The third-order valence-electron chi connectivity index (χ3n) is 7.97. The lowest BCUT2D eigenvalue weighted by Gasteiger charge is -2.55. The highest BCUT2D eigenvalue weighted by atomic mass is 16.5. The molecule has 5 aliphatic carbocycles. The largest absolute Gasteiger partial charge is 0.456 e. The summed E-state index contributed by atoms with van der Waals surface area (Å²) in [5.74, 6) is 1.67. The van der Waals surface area contributed by atoms with Crippen LogP contribution in [0.25, 0.3) is 0 Å². The van der Waals surface area contributed by atoms with Crippen molar-refractivity contribution < 1.29 is 19.1 Å².